The maximum atomic E-state index is 11.6. The predicted molar refractivity (Wildman–Crippen MR) is 68.1 cm³/mol. The molecule has 98 valence electrons. The molecule has 8 heteroatoms. The van der Waals surface area contributed by atoms with E-state index in [2.05, 4.69) is 14.4 Å². The molecule has 0 radical (unpaired) electrons. The van der Waals surface area contributed by atoms with Crippen molar-refractivity contribution in [1.82, 2.24) is 9.71 Å². The molecule has 0 aliphatic heterocycles. The maximum Gasteiger partial charge on any atom is 0.300 e. The van der Waals surface area contributed by atoms with E-state index in [9.17, 15) is 13.5 Å². The molecule has 0 spiro atoms. The van der Waals surface area contributed by atoms with Crippen LogP contribution in [0.5, 0.6) is 0 Å². The van der Waals surface area contributed by atoms with Crippen molar-refractivity contribution in [1.29, 1.82) is 0 Å². The van der Waals surface area contributed by atoms with E-state index in [1.165, 1.54) is 0 Å². The molecule has 6 nitrogen and oxygen atoms in total. The van der Waals surface area contributed by atoms with Crippen molar-refractivity contribution in [2.45, 2.75) is 26.9 Å². The lowest BCUT2D eigenvalue weighted by Gasteiger charge is -2.08. The molecule has 0 saturated heterocycles. The monoisotopic (exact) mass is 279 g/mol. The van der Waals surface area contributed by atoms with Crippen LogP contribution < -0.4 is 9.44 Å². The fraction of sp³-hybridized carbons (Fsp3) is 0.667. The highest BCUT2D eigenvalue weighted by molar-refractivity contribution is 7.91. The van der Waals surface area contributed by atoms with E-state index in [-0.39, 0.29) is 11.0 Å². The SMILES string of the molecule is CC(C)CNS(=O)(=O)Nc1nc(C(C)O)cs1. The van der Waals surface area contributed by atoms with Crippen LogP contribution in [0.1, 0.15) is 32.6 Å². The molecule has 0 saturated carbocycles. The number of aliphatic hydroxyl groups excluding tert-OH is 1. The molecule has 1 aromatic heterocycles. The number of anilines is 1. The quantitative estimate of drug-likeness (QED) is 0.727. The van der Waals surface area contributed by atoms with Crippen LogP contribution in [0.4, 0.5) is 5.13 Å². The second-order valence-electron chi connectivity index (χ2n) is 4.10. The molecular formula is C9H17N3O3S2. The van der Waals surface area contributed by atoms with Crippen molar-refractivity contribution in [3.63, 3.8) is 0 Å². The molecule has 1 atom stereocenters. The number of hydrogen-bond acceptors (Lipinski definition) is 5. The van der Waals surface area contributed by atoms with Gasteiger partial charge in [-0.25, -0.2) is 9.71 Å². The van der Waals surface area contributed by atoms with Crippen LogP contribution in [0, 0.1) is 5.92 Å². The second-order valence-corrected chi connectivity index (χ2v) is 6.46. The molecule has 17 heavy (non-hydrogen) atoms. The van der Waals surface area contributed by atoms with E-state index < -0.39 is 16.3 Å². The summed E-state index contributed by atoms with van der Waals surface area (Å²) in [7, 11) is -3.58. The van der Waals surface area contributed by atoms with Crippen LogP contribution in [0.2, 0.25) is 0 Å². The summed E-state index contributed by atoms with van der Waals surface area (Å²) in [5.74, 6) is 0.232. The van der Waals surface area contributed by atoms with Gasteiger partial charge in [0.05, 0.1) is 11.8 Å². The van der Waals surface area contributed by atoms with Crippen LogP contribution in [0.15, 0.2) is 5.38 Å². The average Bonchev–Trinajstić information content (AvgIpc) is 2.63. The maximum absolute atomic E-state index is 11.6. The summed E-state index contributed by atoms with van der Waals surface area (Å²) in [5.41, 5.74) is 0.455. The van der Waals surface area contributed by atoms with Gasteiger partial charge in [0.25, 0.3) is 0 Å². The number of thiazole rings is 1. The first kappa shape index (κ1) is 14.4. The Kier molecular flexibility index (Phi) is 4.87. The molecule has 1 rings (SSSR count). The molecule has 0 aliphatic carbocycles. The van der Waals surface area contributed by atoms with Gasteiger partial charge in [0.1, 0.15) is 0 Å². The Hall–Kier alpha value is -0.700. The van der Waals surface area contributed by atoms with Crippen molar-refractivity contribution in [3.05, 3.63) is 11.1 Å². The smallest absolute Gasteiger partial charge is 0.300 e. The molecule has 1 unspecified atom stereocenters. The number of aromatic nitrogens is 1. The number of hydrogen-bond donors (Lipinski definition) is 3. The van der Waals surface area contributed by atoms with E-state index in [4.69, 9.17) is 0 Å². The molecule has 0 bridgehead atoms. The third-order valence-corrected chi connectivity index (χ3v) is 3.77. The summed E-state index contributed by atoms with van der Waals surface area (Å²) in [6.07, 6.45) is -0.701. The molecule has 0 aliphatic rings. The number of nitrogens with zero attached hydrogens (tertiary/aromatic N) is 1. The fourth-order valence-electron chi connectivity index (χ4n) is 0.952. The highest BCUT2D eigenvalue weighted by Crippen LogP contribution is 2.20. The first-order valence-electron chi connectivity index (χ1n) is 5.21. The van der Waals surface area contributed by atoms with E-state index in [0.29, 0.717) is 12.2 Å². The molecule has 1 aromatic rings. The van der Waals surface area contributed by atoms with E-state index in [1.807, 2.05) is 13.8 Å². The minimum absolute atomic E-state index is 0.232. The van der Waals surface area contributed by atoms with Crippen molar-refractivity contribution >= 4 is 26.7 Å². The summed E-state index contributed by atoms with van der Waals surface area (Å²) in [6.45, 7) is 5.77. The summed E-state index contributed by atoms with van der Waals surface area (Å²) >= 11 is 1.14. The minimum Gasteiger partial charge on any atom is -0.387 e. The largest absolute Gasteiger partial charge is 0.387 e. The summed E-state index contributed by atoms with van der Waals surface area (Å²) in [5, 5.41) is 11.1. The zero-order valence-electron chi connectivity index (χ0n) is 9.97. The Balaban J connectivity index is 2.63. The third kappa shape index (κ3) is 4.99. The van der Waals surface area contributed by atoms with Gasteiger partial charge in [-0.15, -0.1) is 11.3 Å². The molecular weight excluding hydrogens is 262 g/mol. The Morgan fingerprint density at radius 3 is 2.59 bits per heavy atom. The highest BCUT2D eigenvalue weighted by atomic mass is 32.2. The summed E-state index contributed by atoms with van der Waals surface area (Å²) in [6, 6.07) is 0. The standard InChI is InChI=1S/C9H17N3O3S2/c1-6(2)4-10-17(14,15)12-9-11-8(5-16-9)7(3)13/h5-7,10,13H,4H2,1-3H3,(H,11,12). The topological polar surface area (TPSA) is 91.3 Å². The van der Waals surface area contributed by atoms with Crippen LogP contribution in [0.3, 0.4) is 0 Å². The van der Waals surface area contributed by atoms with E-state index in [1.54, 1.807) is 12.3 Å². The van der Waals surface area contributed by atoms with Crippen molar-refractivity contribution < 1.29 is 13.5 Å². The first-order valence-corrected chi connectivity index (χ1v) is 7.57. The van der Waals surface area contributed by atoms with Crippen molar-refractivity contribution in [2.24, 2.45) is 5.92 Å². The Morgan fingerprint density at radius 2 is 2.12 bits per heavy atom. The van der Waals surface area contributed by atoms with E-state index >= 15 is 0 Å². The number of nitrogens with one attached hydrogen (secondary N) is 2. The van der Waals surface area contributed by atoms with Gasteiger partial charge in [0.15, 0.2) is 5.13 Å². The Morgan fingerprint density at radius 1 is 1.47 bits per heavy atom. The normalized spacial score (nSPS) is 13.9. The van der Waals surface area contributed by atoms with Crippen molar-refractivity contribution in [2.75, 3.05) is 11.3 Å². The van der Waals surface area contributed by atoms with Crippen LogP contribution in [-0.4, -0.2) is 25.1 Å². The van der Waals surface area contributed by atoms with Gasteiger partial charge < -0.3 is 5.11 Å². The zero-order chi connectivity index (χ0) is 13.1. The minimum atomic E-state index is -3.58. The number of aliphatic hydroxyl groups is 1. The molecule has 1 heterocycles. The molecule has 3 N–H and O–H groups in total. The third-order valence-electron chi connectivity index (χ3n) is 1.85. The van der Waals surface area contributed by atoms with Gasteiger partial charge in [-0.1, -0.05) is 13.8 Å². The average molecular weight is 279 g/mol. The fourth-order valence-corrected chi connectivity index (χ4v) is 3.01. The van der Waals surface area contributed by atoms with Gasteiger partial charge in [-0.05, 0) is 12.8 Å². The van der Waals surface area contributed by atoms with Gasteiger partial charge in [-0.2, -0.15) is 13.1 Å². The zero-order valence-corrected chi connectivity index (χ0v) is 11.6. The summed E-state index contributed by atoms with van der Waals surface area (Å²) < 4.78 is 27.8. The Bertz CT molecular complexity index is 454. The lowest BCUT2D eigenvalue weighted by molar-refractivity contribution is 0.195. The second kappa shape index (κ2) is 5.76. The van der Waals surface area contributed by atoms with Crippen LogP contribution in [-0.2, 0) is 10.2 Å². The van der Waals surface area contributed by atoms with Gasteiger partial charge in [0.2, 0.25) is 0 Å². The van der Waals surface area contributed by atoms with Gasteiger partial charge in [0, 0.05) is 11.9 Å². The highest BCUT2D eigenvalue weighted by Gasteiger charge is 2.14. The Labute approximate surface area is 105 Å². The van der Waals surface area contributed by atoms with Crippen LogP contribution in [0.25, 0.3) is 0 Å². The van der Waals surface area contributed by atoms with Crippen LogP contribution >= 0.6 is 11.3 Å². The first-order chi connectivity index (χ1) is 7.80. The number of rotatable bonds is 6. The molecule has 0 fully saturated rings. The summed E-state index contributed by atoms with van der Waals surface area (Å²) in [4.78, 5) is 3.96. The van der Waals surface area contributed by atoms with Crippen molar-refractivity contribution in [3.8, 4) is 0 Å². The van der Waals surface area contributed by atoms with Gasteiger partial charge in [-0.3, -0.25) is 0 Å². The lowest BCUT2D eigenvalue weighted by Crippen LogP contribution is -2.32. The lowest BCUT2D eigenvalue weighted by atomic mass is 10.2. The molecule has 0 aromatic carbocycles. The predicted octanol–water partition coefficient (Wildman–Crippen LogP) is 1.10. The molecule has 0 amide bonds. The van der Waals surface area contributed by atoms with Gasteiger partial charge >= 0.3 is 10.2 Å². The van der Waals surface area contributed by atoms with E-state index in [0.717, 1.165) is 11.3 Å².